The quantitative estimate of drug-likeness (QED) is 0.133. The van der Waals surface area contributed by atoms with Crippen LogP contribution in [0.3, 0.4) is 0 Å². The first-order valence-electron chi connectivity index (χ1n) is 10.2. The summed E-state index contributed by atoms with van der Waals surface area (Å²) < 4.78 is 7.76. The molecule has 1 saturated heterocycles. The Morgan fingerprint density at radius 1 is 1.06 bits per heavy atom. The van der Waals surface area contributed by atoms with Gasteiger partial charge in [0.15, 0.2) is 5.11 Å². The first kappa shape index (κ1) is 26.3. The van der Waals surface area contributed by atoms with Gasteiger partial charge in [0.25, 0.3) is 11.8 Å². The van der Waals surface area contributed by atoms with Crippen molar-refractivity contribution in [3.05, 3.63) is 94.0 Å². The van der Waals surface area contributed by atoms with Crippen molar-refractivity contribution in [1.29, 1.82) is 0 Å². The molecular formula is C25H16Cl2I2N2O3S. The summed E-state index contributed by atoms with van der Waals surface area (Å²) >= 11 is 22.0. The Kier molecular flexibility index (Phi) is 8.37. The number of amides is 2. The Morgan fingerprint density at radius 3 is 2.37 bits per heavy atom. The van der Waals surface area contributed by atoms with Crippen molar-refractivity contribution in [3.8, 4) is 5.75 Å². The third-order valence-corrected chi connectivity index (χ3v) is 7.81. The molecular weight excluding hydrogens is 733 g/mol. The number of anilines is 1. The van der Waals surface area contributed by atoms with E-state index in [4.69, 9.17) is 40.2 Å². The highest BCUT2D eigenvalue weighted by atomic mass is 127. The van der Waals surface area contributed by atoms with Crippen LogP contribution in [0.4, 0.5) is 5.69 Å². The van der Waals surface area contributed by atoms with Gasteiger partial charge in [0.2, 0.25) is 0 Å². The van der Waals surface area contributed by atoms with Crippen LogP contribution in [0.15, 0.2) is 60.2 Å². The van der Waals surface area contributed by atoms with Crippen LogP contribution in [-0.4, -0.2) is 16.9 Å². The largest absolute Gasteiger partial charge is 0.487 e. The Bertz CT molecular complexity index is 1370. The van der Waals surface area contributed by atoms with Crippen molar-refractivity contribution in [2.75, 3.05) is 4.90 Å². The van der Waals surface area contributed by atoms with Crippen LogP contribution in [0.5, 0.6) is 5.75 Å². The molecule has 0 spiro atoms. The Hall–Kier alpha value is -1.73. The lowest BCUT2D eigenvalue weighted by atomic mass is 10.1. The van der Waals surface area contributed by atoms with E-state index < -0.39 is 11.8 Å². The molecule has 10 heteroatoms. The number of thiocarbonyl (C=S) groups is 1. The molecule has 1 aliphatic rings. The van der Waals surface area contributed by atoms with Gasteiger partial charge in [-0.3, -0.25) is 19.8 Å². The van der Waals surface area contributed by atoms with E-state index in [1.807, 2.05) is 43.3 Å². The van der Waals surface area contributed by atoms with Gasteiger partial charge in [-0.05, 0) is 106 Å². The Morgan fingerprint density at radius 2 is 1.71 bits per heavy atom. The first-order valence-corrected chi connectivity index (χ1v) is 13.5. The van der Waals surface area contributed by atoms with E-state index in [9.17, 15) is 9.59 Å². The fourth-order valence-corrected chi connectivity index (χ4v) is 6.13. The van der Waals surface area contributed by atoms with Gasteiger partial charge in [0, 0.05) is 0 Å². The molecule has 0 atom stereocenters. The molecule has 0 radical (unpaired) electrons. The number of halogens is 4. The molecule has 35 heavy (non-hydrogen) atoms. The Balaban J connectivity index is 1.63. The summed E-state index contributed by atoms with van der Waals surface area (Å²) in [6, 6.07) is 16.7. The summed E-state index contributed by atoms with van der Waals surface area (Å²) in [4.78, 5) is 27.2. The maximum absolute atomic E-state index is 13.3. The summed E-state index contributed by atoms with van der Waals surface area (Å²) in [5.74, 6) is -0.436. The van der Waals surface area contributed by atoms with Gasteiger partial charge in [-0.2, -0.15) is 0 Å². The predicted molar refractivity (Wildman–Crippen MR) is 160 cm³/mol. The SMILES string of the molecule is Cc1ccc(COc2c(I)cc(/C=C3\C(=O)NC(=S)N(c4cccc(Cl)c4Cl)C3=O)cc2I)cc1. The number of rotatable bonds is 5. The van der Waals surface area contributed by atoms with Crippen molar-refractivity contribution < 1.29 is 14.3 Å². The van der Waals surface area contributed by atoms with E-state index in [1.165, 1.54) is 16.5 Å². The van der Waals surface area contributed by atoms with Crippen LogP contribution in [0.1, 0.15) is 16.7 Å². The van der Waals surface area contributed by atoms with Gasteiger partial charge in [0.05, 0.1) is 22.9 Å². The zero-order valence-electron chi connectivity index (χ0n) is 18.1. The minimum atomic E-state index is -0.590. The normalized spacial score (nSPS) is 14.9. The molecule has 5 nitrogen and oxygen atoms in total. The first-order chi connectivity index (χ1) is 16.7. The highest BCUT2D eigenvalue weighted by Gasteiger charge is 2.35. The van der Waals surface area contributed by atoms with Gasteiger partial charge in [-0.1, -0.05) is 59.1 Å². The summed E-state index contributed by atoms with van der Waals surface area (Å²) in [6.07, 6.45) is 1.53. The third kappa shape index (κ3) is 5.82. The van der Waals surface area contributed by atoms with Crippen molar-refractivity contribution >= 4 is 109 Å². The fourth-order valence-electron chi connectivity index (χ4n) is 3.35. The van der Waals surface area contributed by atoms with Crippen LogP contribution in [0.2, 0.25) is 10.0 Å². The van der Waals surface area contributed by atoms with Gasteiger partial charge in [-0.15, -0.1) is 0 Å². The number of carbonyl (C=O) groups is 2. The van der Waals surface area contributed by atoms with Crippen LogP contribution < -0.4 is 15.0 Å². The maximum atomic E-state index is 13.3. The van der Waals surface area contributed by atoms with Crippen LogP contribution in [0.25, 0.3) is 6.08 Å². The molecule has 0 aliphatic carbocycles. The van der Waals surface area contributed by atoms with Gasteiger partial charge in [-0.25, -0.2) is 0 Å². The van der Waals surface area contributed by atoms with Crippen LogP contribution >= 0.6 is 80.6 Å². The van der Waals surface area contributed by atoms with E-state index in [2.05, 4.69) is 50.5 Å². The van der Waals surface area contributed by atoms with Gasteiger partial charge < -0.3 is 4.74 Å². The molecule has 3 aromatic rings. The van der Waals surface area contributed by atoms with Crippen molar-refractivity contribution in [2.24, 2.45) is 0 Å². The molecule has 3 aromatic carbocycles. The molecule has 0 aromatic heterocycles. The number of nitrogens with one attached hydrogen (secondary N) is 1. The summed E-state index contributed by atoms with van der Waals surface area (Å²) in [7, 11) is 0. The highest BCUT2D eigenvalue weighted by Crippen LogP contribution is 2.35. The Labute approximate surface area is 245 Å². The average molecular weight is 749 g/mol. The predicted octanol–water partition coefficient (Wildman–Crippen LogP) is 6.92. The van der Waals surface area contributed by atoms with Crippen LogP contribution in [0, 0.1) is 14.1 Å². The number of carbonyl (C=O) groups excluding carboxylic acids is 2. The summed E-state index contributed by atoms with van der Waals surface area (Å²) in [5.41, 5.74) is 3.14. The zero-order valence-corrected chi connectivity index (χ0v) is 24.7. The molecule has 4 rings (SSSR count). The lowest BCUT2D eigenvalue weighted by Crippen LogP contribution is -2.54. The lowest BCUT2D eigenvalue weighted by molar-refractivity contribution is -0.122. The number of hydrogen-bond acceptors (Lipinski definition) is 4. The van der Waals surface area contributed by atoms with Crippen molar-refractivity contribution in [3.63, 3.8) is 0 Å². The number of hydrogen-bond donors (Lipinski definition) is 1. The molecule has 1 fully saturated rings. The van der Waals surface area contributed by atoms with Gasteiger partial charge in [0.1, 0.15) is 17.9 Å². The highest BCUT2D eigenvalue weighted by molar-refractivity contribution is 14.1. The minimum absolute atomic E-state index is 0.0645. The van der Waals surface area contributed by atoms with E-state index in [0.717, 1.165) is 18.5 Å². The average Bonchev–Trinajstić information content (AvgIpc) is 2.80. The second-order valence-electron chi connectivity index (χ2n) is 7.62. The van der Waals surface area contributed by atoms with E-state index in [-0.39, 0.29) is 20.7 Å². The van der Waals surface area contributed by atoms with Crippen molar-refractivity contribution in [2.45, 2.75) is 13.5 Å². The topological polar surface area (TPSA) is 58.6 Å². The zero-order chi connectivity index (χ0) is 25.3. The smallest absolute Gasteiger partial charge is 0.270 e. The van der Waals surface area contributed by atoms with Crippen molar-refractivity contribution in [1.82, 2.24) is 5.32 Å². The molecule has 1 heterocycles. The molecule has 1 aliphatic heterocycles. The number of aryl methyl sites for hydroxylation is 1. The lowest BCUT2D eigenvalue weighted by Gasteiger charge is -2.29. The number of ether oxygens (including phenoxy) is 1. The fraction of sp³-hybridized carbons (Fsp3) is 0.0800. The minimum Gasteiger partial charge on any atom is -0.487 e. The standard InChI is InChI=1S/C25H16Cl2I2N2O3S/c1-13-5-7-14(8-6-13)12-34-22-18(28)10-15(11-19(22)29)9-16-23(32)30-25(35)31(24(16)33)20-4-2-3-17(26)21(20)27/h2-11H,12H2,1H3,(H,30,32,35)/b16-9+. The second kappa shape index (κ2) is 11.1. The van der Waals surface area contributed by atoms with Crippen LogP contribution in [-0.2, 0) is 16.2 Å². The second-order valence-corrected chi connectivity index (χ2v) is 11.1. The van der Waals surface area contributed by atoms with E-state index in [1.54, 1.807) is 18.2 Å². The van der Waals surface area contributed by atoms with E-state index in [0.29, 0.717) is 17.9 Å². The molecule has 1 N–H and O–H groups in total. The van der Waals surface area contributed by atoms with E-state index >= 15 is 0 Å². The molecule has 0 bridgehead atoms. The number of benzene rings is 3. The molecule has 178 valence electrons. The summed E-state index contributed by atoms with van der Waals surface area (Å²) in [5, 5.41) is 2.93. The maximum Gasteiger partial charge on any atom is 0.270 e. The molecule has 2 amide bonds. The number of nitrogens with zero attached hydrogens (tertiary/aromatic N) is 1. The monoisotopic (exact) mass is 748 g/mol. The molecule has 0 unspecified atom stereocenters. The van der Waals surface area contributed by atoms with Gasteiger partial charge >= 0.3 is 0 Å². The third-order valence-electron chi connectivity index (χ3n) is 5.11. The molecule has 0 saturated carbocycles. The summed E-state index contributed by atoms with van der Waals surface area (Å²) in [6.45, 7) is 2.47.